The van der Waals surface area contributed by atoms with E-state index in [1.165, 1.54) is 38.5 Å². The summed E-state index contributed by atoms with van der Waals surface area (Å²) in [6.07, 6.45) is 8.03. The quantitative estimate of drug-likeness (QED) is 0.700. The summed E-state index contributed by atoms with van der Waals surface area (Å²) >= 11 is 0. The third-order valence-electron chi connectivity index (χ3n) is 5.56. The van der Waals surface area contributed by atoms with Crippen LogP contribution in [0, 0.1) is 22.2 Å². The molecule has 1 heteroatoms. The van der Waals surface area contributed by atoms with E-state index in [-0.39, 0.29) is 11.5 Å². The Kier molecular flexibility index (Phi) is 1.77. The van der Waals surface area contributed by atoms with Gasteiger partial charge in [-0.15, -0.1) is 0 Å². The van der Waals surface area contributed by atoms with Crippen LogP contribution in [0.4, 0.5) is 0 Å². The lowest BCUT2D eigenvalue weighted by Gasteiger charge is -2.66. The molecule has 4 saturated carbocycles. The van der Waals surface area contributed by atoms with Crippen molar-refractivity contribution in [2.75, 3.05) is 0 Å². The molecule has 0 saturated heterocycles. The molecule has 4 fully saturated rings. The van der Waals surface area contributed by atoms with Gasteiger partial charge in [-0.25, -0.2) is 0 Å². The fourth-order valence-corrected chi connectivity index (χ4v) is 6.00. The molecule has 3 unspecified atom stereocenters. The first-order valence-corrected chi connectivity index (χ1v) is 6.53. The second-order valence-electron chi connectivity index (χ2n) is 7.67. The van der Waals surface area contributed by atoms with Gasteiger partial charge < -0.3 is 5.11 Å². The lowest BCUT2D eigenvalue weighted by Crippen LogP contribution is -2.58. The van der Waals surface area contributed by atoms with Gasteiger partial charge in [0.2, 0.25) is 0 Å². The molecule has 15 heavy (non-hydrogen) atoms. The Morgan fingerprint density at radius 3 is 1.93 bits per heavy atom. The van der Waals surface area contributed by atoms with Crippen molar-refractivity contribution in [1.82, 2.24) is 0 Å². The van der Waals surface area contributed by atoms with Gasteiger partial charge in [0.05, 0.1) is 6.10 Å². The summed E-state index contributed by atoms with van der Waals surface area (Å²) in [5.74, 6) is 0.908. The summed E-state index contributed by atoms with van der Waals surface area (Å²) in [7, 11) is 0. The number of rotatable bonds is 1. The van der Waals surface area contributed by atoms with Crippen LogP contribution in [0.3, 0.4) is 0 Å². The highest BCUT2D eigenvalue weighted by Gasteiger charge is 2.61. The highest BCUT2D eigenvalue weighted by molar-refractivity contribution is 5.11. The lowest BCUT2D eigenvalue weighted by molar-refractivity contribution is -0.181. The maximum absolute atomic E-state index is 10.1. The highest BCUT2D eigenvalue weighted by atomic mass is 16.3. The van der Waals surface area contributed by atoms with Crippen molar-refractivity contribution < 1.29 is 5.11 Å². The number of aliphatic hydroxyl groups is 1. The van der Waals surface area contributed by atoms with Crippen LogP contribution in [0.15, 0.2) is 0 Å². The van der Waals surface area contributed by atoms with Gasteiger partial charge in [-0.2, -0.15) is 0 Å². The van der Waals surface area contributed by atoms with E-state index < -0.39 is 0 Å². The Labute approximate surface area is 93.3 Å². The number of aliphatic hydroxyl groups excluding tert-OH is 1. The Balaban J connectivity index is 2.02. The van der Waals surface area contributed by atoms with Crippen LogP contribution in [0.25, 0.3) is 0 Å². The first-order valence-electron chi connectivity index (χ1n) is 6.53. The maximum atomic E-state index is 10.1. The van der Waals surface area contributed by atoms with Crippen LogP contribution in [-0.4, -0.2) is 11.2 Å². The predicted octanol–water partition coefficient (Wildman–Crippen LogP) is 3.36. The zero-order valence-corrected chi connectivity index (χ0v) is 10.3. The van der Waals surface area contributed by atoms with Crippen LogP contribution < -0.4 is 0 Å². The molecule has 1 N–H and O–H groups in total. The molecule has 3 atom stereocenters. The van der Waals surface area contributed by atoms with E-state index in [9.17, 15) is 5.11 Å². The van der Waals surface area contributed by atoms with Gasteiger partial charge in [-0.3, -0.25) is 0 Å². The largest absolute Gasteiger partial charge is 0.393 e. The lowest BCUT2D eigenvalue weighted by atomic mass is 9.39. The van der Waals surface area contributed by atoms with Crippen LogP contribution in [-0.2, 0) is 0 Å². The summed E-state index contributed by atoms with van der Waals surface area (Å²) in [5, 5.41) is 10.1. The van der Waals surface area contributed by atoms with Crippen molar-refractivity contribution in [1.29, 1.82) is 0 Å². The van der Waals surface area contributed by atoms with E-state index in [4.69, 9.17) is 0 Å². The maximum Gasteiger partial charge on any atom is 0.0568 e. The molecule has 0 amide bonds. The van der Waals surface area contributed by atoms with Gasteiger partial charge in [0, 0.05) is 0 Å². The van der Waals surface area contributed by atoms with Gasteiger partial charge in [0.15, 0.2) is 0 Å². The summed E-state index contributed by atoms with van der Waals surface area (Å²) in [4.78, 5) is 0. The van der Waals surface area contributed by atoms with Gasteiger partial charge in [-0.1, -0.05) is 13.8 Å². The van der Waals surface area contributed by atoms with E-state index in [1.807, 2.05) is 6.92 Å². The minimum atomic E-state index is -0.0976. The van der Waals surface area contributed by atoms with Crippen molar-refractivity contribution in [2.24, 2.45) is 22.2 Å². The van der Waals surface area contributed by atoms with Crippen molar-refractivity contribution >= 4 is 0 Å². The van der Waals surface area contributed by atoms with Crippen molar-refractivity contribution in [3.8, 4) is 0 Å². The molecule has 86 valence electrons. The SMILES string of the molecule is CC(O)C12CC3CC(C)(CC(C)(C3)C1)C2. The van der Waals surface area contributed by atoms with E-state index >= 15 is 0 Å². The standard InChI is InChI=1S/C14H24O/c1-10(15)14-6-11-4-12(2,8-14)7-13(3,5-11)9-14/h10-11,15H,4-9H2,1-3H3. The van der Waals surface area contributed by atoms with E-state index in [1.54, 1.807) is 0 Å². The first kappa shape index (κ1) is 10.1. The minimum absolute atomic E-state index is 0.0976. The Morgan fingerprint density at radius 2 is 1.53 bits per heavy atom. The summed E-state index contributed by atoms with van der Waals surface area (Å²) in [5.41, 5.74) is 1.37. The van der Waals surface area contributed by atoms with Crippen LogP contribution >= 0.6 is 0 Å². The summed E-state index contributed by atoms with van der Waals surface area (Å²) < 4.78 is 0. The zero-order chi connectivity index (χ0) is 10.9. The van der Waals surface area contributed by atoms with E-state index in [2.05, 4.69) is 13.8 Å². The molecule has 0 radical (unpaired) electrons. The van der Waals surface area contributed by atoms with E-state index in [0.717, 1.165) is 5.92 Å². The highest BCUT2D eigenvalue weighted by Crippen LogP contribution is 2.70. The monoisotopic (exact) mass is 208 g/mol. The summed E-state index contributed by atoms with van der Waals surface area (Å²) in [6.45, 7) is 6.96. The second kappa shape index (κ2) is 2.61. The van der Waals surface area contributed by atoms with Gasteiger partial charge in [-0.05, 0) is 67.6 Å². The Bertz CT molecular complexity index is 276. The molecule has 4 aliphatic carbocycles. The predicted molar refractivity (Wildman–Crippen MR) is 61.5 cm³/mol. The van der Waals surface area contributed by atoms with Crippen molar-refractivity contribution in [3.63, 3.8) is 0 Å². The second-order valence-corrected chi connectivity index (χ2v) is 7.67. The van der Waals surface area contributed by atoms with Crippen molar-refractivity contribution in [3.05, 3.63) is 0 Å². The molecule has 4 rings (SSSR count). The van der Waals surface area contributed by atoms with E-state index in [0.29, 0.717) is 10.8 Å². The average molecular weight is 208 g/mol. The first-order chi connectivity index (χ1) is 6.85. The molecule has 1 nitrogen and oxygen atoms in total. The molecule has 0 aliphatic heterocycles. The number of hydrogen-bond acceptors (Lipinski definition) is 1. The molecule has 4 aliphatic rings. The molecule has 0 heterocycles. The molecule has 0 aromatic rings. The third-order valence-corrected chi connectivity index (χ3v) is 5.56. The third kappa shape index (κ3) is 1.32. The van der Waals surface area contributed by atoms with Crippen LogP contribution in [0.1, 0.15) is 59.3 Å². The smallest absolute Gasteiger partial charge is 0.0568 e. The minimum Gasteiger partial charge on any atom is -0.393 e. The van der Waals surface area contributed by atoms with Crippen LogP contribution in [0.5, 0.6) is 0 Å². The van der Waals surface area contributed by atoms with Gasteiger partial charge in [0.25, 0.3) is 0 Å². The molecule has 0 aromatic heterocycles. The molecule has 0 aromatic carbocycles. The normalized spacial score (nSPS) is 59.6. The topological polar surface area (TPSA) is 20.2 Å². The Morgan fingerprint density at radius 1 is 1.00 bits per heavy atom. The zero-order valence-electron chi connectivity index (χ0n) is 10.3. The van der Waals surface area contributed by atoms with Crippen LogP contribution in [0.2, 0.25) is 0 Å². The molecule has 4 bridgehead atoms. The fourth-order valence-electron chi connectivity index (χ4n) is 6.00. The fraction of sp³-hybridized carbons (Fsp3) is 1.00. The average Bonchev–Trinajstić information content (AvgIpc) is 1.95. The van der Waals surface area contributed by atoms with Gasteiger partial charge >= 0.3 is 0 Å². The molecule has 0 spiro atoms. The molecular formula is C14H24O. The van der Waals surface area contributed by atoms with Crippen molar-refractivity contribution in [2.45, 2.75) is 65.4 Å². The van der Waals surface area contributed by atoms with Gasteiger partial charge in [0.1, 0.15) is 0 Å². The molecular weight excluding hydrogens is 184 g/mol. The summed E-state index contributed by atoms with van der Waals surface area (Å²) in [6, 6.07) is 0. The Hall–Kier alpha value is -0.0400. The number of hydrogen-bond donors (Lipinski definition) is 1.